The van der Waals surface area contributed by atoms with Gasteiger partial charge in [0.25, 0.3) is 0 Å². The molecule has 100 valence electrons. The fraction of sp³-hybridized carbons (Fsp3) is 0.500. The van der Waals surface area contributed by atoms with Crippen molar-refractivity contribution in [3.8, 4) is 0 Å². The Morgan fingerprint density at radius 2 is 1.89 bits per heavy atom. The average molecular weight is 250 g/mol. The van der Waals surface area contributed by atoms with E-state index in [2.05, 4.69) is 5.32 Å². The third-order valence-electron chi connectivity index (χ3n) is 2.41. The minimum absolute atomic E-state index is 0.222. The Labute approximate surface area is 109 Å². The van der Waals surface area contributed by atoms with E-state index in [1.807, 2.05) is 52.0 Å². The van der Waals surface area contributed by atoms with Gasteiger partial charge in [0.2, 0.25) is 0 Å². The minimum atomic E-state index is -0.503. The summed E-state index contributed by atoms with van der Waals surface area (Å²) in [7, 11) is 0. The zero-order chi connectivity index (χ0) is 13.8. The normalized spacial score (nSPS) is 12.9. The molecule has 0 aliphatic rings. The van der Waals surface area contributed by atoms with E-state index >= 15 is 0 Å². The van der Waals surface area contributed by atoms with Gasteiger partial charge in [-0.1, -0.05) is 29.8 Å². The van der Waals surface area contributed by atoms with Crippen LogP contribution in [0.4, 0.5) is 4.79 Å². The molecule has 0 saturated heterocycles. The van der Waals surface area contributed by atoms with Gasteiger partial charge in [-0.3, -0.25) is 0 Å². The fourth-order valence-corrected chi connectivity index (χ4v) is 1.53. The molecule has 1 aromatic carbocycles. The first-order valence-electron chi connectivity index (χ1n) is 6.08. The van der Waals surface area contributed by atoms with E-state index in [4.69, 9.17) is 10.5 Å². The number of amides is 1. The molecule has 0 aliphatic carbocycles. The van der Waals surface area contributed by atoms with Gasteiger partial charge in [-0.2, -0.15) is 0 Å². The summed E-state index contributed by atoms with van der Waals surface area (Å²) in [6.45, 7) is 7.84. The second-order valence-corrected chi connectivity index (χ2v) is 5.35. The molecule has 1 unspecified atom stereocenters. The number of nitrogens with one attached hydrogen (secondary N) is 1. The molecule has 1 atom stereocenters. The van der Waals surface area contributed by atoms with Gasteiger partial charge in [-0.05, 0) is 33.3 Å². The first kappa shape index (κ1) is 14.5. The number of ether oxygens (including phenoxy) is 1. The van der Waals surface area contributed by atoms with Gasteiger partial charge >= 0.3 is 6.09 Å². The highest BCUT2D eigenvalue weighted by atomic mass is 16.6. The highest BCUT2D eigenvalue weighted by Gasteiger charge is 2.19. The van der Waals surface area contributed by atoms with Crippen LogP contribution in [-0.4, -0.2) is 18.2 Å². The van der Waals surface area contributed by atoms with Crippen LogP contribution in [0.25, 0.3) is 0 Å². The van der Waals surface area contributed by atoms with E-state index in [0.717, 1.165) is 5.56 Å². The Morgan fingerprint density at radius 3 is 2.33 bits per heavy atom. The smallest absolute Gasteiger partial charge is 0.408 e. The maximum atomic E-state index is 11.7. The SMILES string of the molecule is Cc1ccc(C(CN)NC(=O)OC(C)(C)C)cc1. The number of benzene rings is 1. The molecule has 1 rings (SSSR count). The van der Waals surface area contributed by atoms with Gasteiger partial charge in [0.15, 0.2) is 0 Å². The summed E-state index contributed by atoms with van der Waals surface area (Å²) in [6.07, 6.45) is -0.446. The molecular formula is C14H22N2O2. The highest BCUT2D eigenvalue weighted by molar-refractivity contribution is 5.68. The maximum Gasteiger partial charge on any atom is 0.408 e. The molecule has 0 aromatic heterocycles. The number of alkyl carbamates (subject to hydrolysis) is 1. The molecule has 18 heavy (non-hydrogen) atoms. The highest BCUT2D eigenvalue weighted by Crippen LogP contribution is 2.14. The second kappa shape index (κ2) is 5.87. The molecule has 4 heteroatoms. The van der Waals surface area contributed by atoms with E-state index in [9.17, 15) is 4.79 Å². The number of aryl methyl sites for hydroxylation is 1. The molecule has 3 N–H and O–H groups in total. The van der Waals surface area contributed by atoms with E-state index < -0.39 is 11.7 Å². The summed E-state index contributed by atoms with van der Waals surface area (Å²) in [6, 6.07) is 7.69. The van der Waals surface area contributed by atoms with Crippen LogP contribution < -0.4 is 11.1 Å². The molecule has 0 spiro atoms. The largest absolute Gasteiger partial charge is 0.444 e. The first-order chi connectivity index (χ1) is 8.31. The Morgan fingerprint density at radius 1 is 1.33 bits per heavy atom. The number of nitrogens with two attached hydrogens (primary N) is 1. The summed E-state index contributed by atoms with van der Waals surface area (Å²) in [5.74, 6) is 0. The van der Waals surface area contributed by atoms with Crippen molar-refractivity contribution in [2.45, 2.75) is 39.3 Å². The van der Waals surface area contributed by atoms with Gasteiger partial charge in [0.05, 0.1) is 6.04 Å². The van der Waals surface area contributed by atoms with Crippen molar-refractivity contribution in [3.63, 3.8) is 0 Å². The third kappa shape index (κ3) is 4.75. The van der Waals surface area contributed by atoms with Crippen molar-refractivity contribution >= 4 is 6.09 Å². The maximum absolute atomic E-state index is 11.7. The topological polar surface area (TPSA) is 64.3 Å². The first-order valence-corrected chi connectivity index (χ1v) is 6.08. The summed E-state index contributed by atoms with van der Waals surface area (Å²) >= 11 is 0. The molecule has 0 heterocycles. The lowest BCUT2D eigenvalue weighted by Crippen LogP contribution is -2.37. The summed E-state index contributed by atoms with van der Waals surface area (Å²) < 4.78 is 5.21. The summed E-state index contributed by atoms with van der Waals surface area (Å²) in [5.41, 5.74) is 7.33. The van der Waals surface area contributed by atoms with Crippen LogP contribution in [0.3, 0.4) is 0 Å². The van der Waals surface area contributed by atoms with Crippen molar-refractivity contribution in [2.24, 2.45) is 5.73 Å². The van der Waals surface area contributed by atoms with Crippen LogP contribution >= 0.6 is 0 Å². The average Bonchev–Trinajstić information content (AvgIpc) is 2.25. The van der Waals surface area contributed by atoms with Crippen LogP contribution in [-0.2, 0) is 4.74 Å². The van der Waals surface area contributed by atoms with E-state index in [0.29, 0.717) is 6.54 Å². The predicted molar refractivity (Wildman–Crippen MR) is 72.3 cm³/mol. The Hall–Kier alpha value is -1.55. The lowest BCUT2D eigenvalue weighted by atomic mass is 10.1. The van der Waals surface area contributed by atoms with Crippen molar-refractivity contribution in [3.05, 3.63) is 35.4 Å². The van der Waals surface area contributed by atoms with E-state index in [1.54, 1.807) is 0 Å². The molecule has 0 fully saturated rings. The van der Waals surface area contributed by atoms with Gasteiger partial charge in [-0.15, -0.1) is 0 Å². The molecule has 4 nitrogen and oxygen atoms in total. The molecule has 0 radical (unpaired) electrons. The quantitative estimate of drug-likeness (QED) is 0.866. The molecule has 0 saturated carbocycles. The minimum Gasteiger partial charge on any atom is -0.444 e. The number of hydrogen-bond donors (Lipinski definition) is 2. The number of carbonyl (C=O) groups is 1. The van der Waals surface area contributed by atoms with Crippen molar-refractivity contribution in [1.29, 1.82) is 0 Å². The lowest BCUT2D eigenvalue weighted by Gasteiger charge is -2.23. The summed E-state index contributed by atoms with van der Waals surface area (Å²) in [5, 5.41) is 2.77. The van der Waals surface area contributed by atoms with Crippen LogP contribution in [0.15, 0.2) is 24.3 Å². The van der Waals surface area contributed by atoms with Crippen molar-refractivity contribution < 1.29 is 9.53 Å². The van der Waals surface area contributed by atoms with Crippen LogP contribution in [0.2, 0.25) is 0 Å². The van der Waals surface area contributed by atoms with Crippen molar-refractivity contribution in [2.75, 3.05) is 6.54 Å². The Bertz CT molecular complexity index is 393. The van der Waals surface area contributed by atoms with Gasteiger partial charge in [-0.25, -0.2) is 4.79 Å². The zero-order valence-electron chi connectivity index (χ0n) is 11.5. The standard InChI is InChI=1S/C14H22N2O2/c1-10-5-7-11(8-6-10)12(9-15)16-13(17)18-14(2,3)4/h5-8,12H,9,15H2,1-4H3,(H,16,17). The van der Waals surface area contributed by atoms with E-state index in [1.165, 1.54) is 5.56 Å². The third-order valence-corrected chi connectivity index (χ3v) is 2.41. The van der Waals surface area contributed by atoms with Gasteiger partial charge in [0.1, 0.15) is 5.60 Å². The Balaban J connectivity index is 2.68. The van der Waals surface area contributed by atoms with Crippen LogP contribution in [0.1, 0.15) is 37.9 Å². The lowest BCUT2D eigenvalue weighted by molar-refractivity contribution is 0.0505. The number of rotatable bonds is 3. The molecule has 0 bridgehead atoms. The second-order valence-electron chi connectivity index (χ2n) is 5.35. The Kier molecular flexibility index (Phi) is 4.73. The monoisotopic (exact) mass is 250 g/mol. The zero-order valence-corrected chi connectivity index (χ0v) is 11.5. The molecule has 1 amide bonds. The molecular weight excluding hydrogens is 228 g/mol. The van der Waals surface area contributed by atoms with Crippen LogP contribution in [0.5, 0.6) is 0 Å². The molecule has 0 aliphatic heterocycles. The fourth-order valence-electron chi connectivity index (χ4n) is 1.53. The molecule has 1 aromatic rings. The van der Waals surface area contributed by atoms with Crippen LogP contribution in [0, 0.1) is 6.92 Å². The van der Waals surface area contributed by atoms with Gasteiger partial charge in [0, 0.05) is 6.54 Å². The predicted octanol–water partition coefficient (Wildman–Crippen LogP) is 2.52. The van der Waals surface area contributed by atoms with Crippen molar-refractivity contribution in [1.82, 2.24) is 5.32 Å². The van der Waals surface area contributed by atoms with Gasteiger partial charge < -0.3 is 15.8 Å². The van der Waals surface area contributed by atoms with E-state index in [-0.39, 0.29) is 6.04 Å². The number of hydrogen-bond acceptors (Lipinski definition) is 3. The summed E-state index contributed by atoms with van der Waals surface area (Å²) in [4.78, 5) is 11.7. The number of carbonyl (C=O) groups excluding carboxylic acids is 1.